The minimum absolute atomic E-state index is 0.00463. The Morgan fingerprint density at radius 2 is 2.00 bits per heavy atom. The molecule has 1 aromatic rings. The molecule has 0 spiro atoms. The fraction of sp³-hybridized carbons (Fsp3) is 0. The van der Waals surface area contributed by atoms with Gasteiger partial charge >= 0.3 is 11.9 Å². The van der Waals surface area contributed by atoms with Crippen molar-refractivity contribution >= 4 is 11.9 Å². The molecule has 10 heavy (non-hydrogen) atoms. The van der Waals surface area contributed by atoms with Gasteiger partial charge in [0, 0.05) is 0 Å². The van der Waals surface area contributed by atoms with Crippen LogP contribution >= 0.6 is 0 Å². The summed E-state index contributed by atoms with van der Waals surface area (Å²) in [6.07, 6.45) is 1.28. The van der Waals surface area contributed by atoms with E-state index < -0.39 is 11.9 Å². The van der Waals surface area contributed by atoms with Gasteiger partial charge in [-0.3, -0.25) is 0 Å². The van der Waals surface area contributed by atoms with Crippen molar-refractivity contribution in [2.75, 3.05) is 0 Å². The molecule has 0 bridgehead atoms. The molecule has 2 heterocycles. The van der Waals surface area contributed by atoms with Gasteiger partial charge in [-0.15, -0.1) is 0 Å². The van der Waals surface area contributed by atoms with Gasteiger partial charge in [-0.1, -0.05) is 0 Å². The molecule has 2 rings (SSSR count). The first-order chi connectivity index (χ1) is 4.79. The Balaban J connectivity index is 2.69. The van der Waals surface area contributed by atoms with Crippen LogP contribution in [0, 0.1) is 0 Å². The van der Waals surface area contributed by atoms with Gasteiger partial charge < -0.3 is 9.15 Å². The molecule has 0 saturated carbocycles. The fourth-order valence-electron chi connectivity index (χ4n) is 0.814. The predicted octanol–water partition coefficient (Wildman–Crippen LogP) is 0.590. The molecule has 0 unspecified atom stereocenters. The summed E-state index contributed by atoms with van der Waals surface area (Å²) < 4.78 is 8.86. The van der Waals surface area contributed by atoms with Gasteiger partial charge in [-0.2, -0.15) is 0 Å². The van der Waals surface area contributed by atoms with E-state index >= 15 is 0 Å². The number of furan rings is 1. The molecule has 0 N–H and O–H groups in total. The van der Waals surface area contributed by atoms with E-state index in [0.717, 1.165) is 0 Å². The summed E-state index contributed by atoms with van der Waals surface area (Å²) in [7, 11) is 0. The topological polar surface area (TPSA) is 56.5 Å². The van der Waals surface area contributed by atoms with Gasteiger partial charge in [0.25, 0.3) is 0 Å². The molecule has 0 radical (unpaired) electrons. The highest BCUT2D eigenvalue weighted by molar-refractivity contribution is 6.13. The maximum Gasteiger partial charge on any atom is 0.383 e. The monoisotopic (exact) mass is 138 g/mol. The molecule has 1 aliphatic rings. The number of fused-ring (bicyclic) bond motifs is 1. The van der Waals surface area contributed by atoms with Crippen LogP contribution in [0.1, 0.15) is 20.9 Å². The van der Waals surface area contributed by atoms with E-state index in [1.807, 2.05) is 0 Å². The van der Waals surface area contributed by atoms with E-state index in [0.29, 0.717) is 0 Å². The van der Waals surface area contributed by atoms with Crippen molar-refractivity contribution in [3.63, 3.8) is 0 Å². The first kappa shape index (κ1) is 5.22. The highest BCUT2D eigenvalue weighted by atomic mass is 16.6. The predicted molar refractivity (Wildman–Crippen MR) is 28.5 cm³/mol. The normalized spacial score (nSPS) is 15.2. The molecule has 1 aromatic heterocycles. The second kappa shape index (κ2) is 1.47. The zero-order chi connectivity index (χ0) is 7.14. The Morgan fingerprint density at radius 3 is 2.70 bits per heavy atom. The van der Waals surface area contributed by atoms with Crippen LogP contribution in [0.2, 0.25) is 0 Å². The van der Waals surface area contributed by atoms with Crippen LogP contribution in [-0.2, 0) is 4.74 Å². The Kier molecular flexibility index (Phi) is 0.768. The van der Waals surface area contributed by atoms with Crippen LogP contribution in [0.15, 0.2) is 16.7 Å². The van der Waals surface area contributed by atoms with E-state index in [1.54, 1.807) is 0 Å². The number of esters is 2. The van der Waals surface area contributed by atoms with Crippen LogP contribution in [0.5, 0.6) is 0 Å². The Hall–Kier alpha value is -1.58. The van der Waals surface area contributed by atoms with Crippen molar-refractivity contribution in [2.45, 2.75) is 0 Å². The van der Waals surface area contributed by atoms with Gasteiger partial charge in [-0.25, -0.2) is 9.59 Å². The average molecular weight is 138 g/mol. The minimum Gasteiger partial charge on any atom is -0.456 e. The maximum absolute atomic E-state index is 10.6. The fourth-order valence-corrected chi connectivity index (χ4v) is 0.814. The highest BCUT2D eigenvalue weighted by Gasteiger charge is 2.32. The summed E-state index contributed by atoms with van der Waals surface area (Å²) in [5.41, 5.74) is 0.213. The molecular formula is C6H2O4. The quantitative estimate of drug-likeness (QED) is 0.389. The molecule has 4 nitrogen and oxygen atoms in total. The molecule has 0 aromatic carbocycles. The van der Waals surface area contributed by atoms with Gasteiger partial charge in [-0.05, 0) is 6.07 Å². The summed E-state index contributed by atoms with van der Waals surface area (Å²) >= 11 is 0. The van der Waals surface area contributed by atoms with Crippen LogP contribution < -0.4 is 0 Å². The van der Waals surface area contributed by atoms with Crippen molar-refractivity contribution in [2.24, 2.45) is 0 Å². The number of hydrogen-bond donors (Lipinski definition) is 0. The van der Waals surface area contributed by atoms with E-state index in [9.17, 15) is 9.59 Å². The third-order valence-electron chi connectivity index (χ3n) is 1.26. The molecule has 4 heteroatoms. The van der Waals surface area contributed by atoms with Crippen molar-refractivity contribution < 1.29 is 18.7 Å². The zero-order valence-electron chi connectivity index (χ0n) is 4.79. The molecule has 0 amide bonds. The van der Waals surface area contributed by atoms with Crippen molar-refractivity contribution in [1.82, 2.24) is 0 Å². The molecule has 0 aliphatic carbocycles. The largest absolute Gasteiger partial charge is 0.456 e. The van der Waals surface area contributed by atoms with Gasteiger partial charge in [0.05, 0.1) is 6.26 Å². The van der Waals surface area contributed by atoms with Crippen LogP contribution in [-0.4, -0.2) is 11.9 Å². The lowest BCUT2D eigenvalue weighted by atomic mass is 10.3. The Morgan fingerprint density at radius 1 is 1.20 bits per heavy atom. The molecule has 0 saturated heterocycles. The lowest BCUT2D eigenvalue weighted by molar-refractivity contribution is 0.0428. The number of ether oxygens (including phenoxy) is 1. The van der Waals surface area contributed by atoms with Gasteiger partial charge in [0.2, 0.25) is 5.76 Å². The number of carbonyl (C=O) groups is 2. The lowest BCUT2D eigenvalue weighted by Crippen LogP contribution is -1.97. The van der Waals surface area contributed by atoms with Gasteiger partial charge in [0.1, 0.15) is 5.56 Å². The van der Waals surface area contributed by atoms with Crippen molar-refractivity contribution in [3.8, 4) is 0 Å². The summed E-state index contributed by atoms with van der Waals surface area (Å²) in [6.45, 7) is 0. The SMILES string of the molecule is O=C1OC(=O)c2occc21. The lowest BCUT2D eigenvalue weighted by Gasteiger charge is -1.83. The minimum atomic E-state index is -0.704. The number of carbonyl (C=O) groups excluding carboxylic acids is 2. The van der Waals surface area contributed by atoms with Crippen molar-refractivity contribution in [1.29, 1.82) is 0 Å². The summed E-state index contributed by atoms with van der Waals surface area (Å²) in [4.78, 5) is 21.2. The molecule has 0 fully saturated rings. The first-order valence-electron chi connectivity index (χ1n) is 2.63. The molecule has 0 atom stereocenters. The number of cyclic esters (lactones) is 2. The standard InChI is InChI=1S/C6H2O4/c7-5-3-1-2-9-4(3)6(8)10-5/h1-2H. The number of rotatable bonds is 0. The van der Waals surface area contributed by atoms with E-state index in [-0.39, 0.29) is 11.3 Å². The summed E-state index contributed by atoms with van der Waals surface area (Å²) in [5.74, 6) is -1.33. The Labute approximate surface area is 55.4 Å². The second-order valence-corrected chi connectivity index (χ2v) is 1.84. The van der Waals surface area contributed by atoms with E-state index in [4.69, 9.17) is 0 Å². The zero-order valence-corrected chi connectivity index (χ0v) is 4.79. The molecule has 50 valence electrons. The van der Waals surface area contributed by atoms with Crippen LogP contribution in [0.4, 0.5) is 0 Å². The smallest absolute Gasteiger partial charge is 0.383 e. The second-order valence-electron chi connectivity index (χ2n) is 1.84. The van der Waals surface area contributed by atoms with Crippen LogP contribution in [0.25, 0.3) is 0 Å². The summed E-state index contributed by atoms with van der Waals surface area (Å²) in [5, 5.41) is 0. The summed E-state index contributed by atoms with van der Waals surface area (Å²) in [6, 6.07) is 1.41. The van der Waals surface area contributed by atoms with E-state index in [1.165, 1.54) is 12.3 Å². The first-order valence-corrected chi connectivity index (χ1v) is 2.63. The maximum atomic E-state index is 10.6. The van der Waals surface area contributed by atoms with Gasteiger partial charge in [0.15, 0.2) is 0 Å². The van der Waals surface area contributed by atoms with Crippen molar-refractivity contribution in [3.05, 3.63) is 23.7 Å². The Bertz CT molecular complexity index is 281. The third kappa shape index (κ3) is 0.452. The van der Waals surface area contributed by atoms with Crippen LogP contribution in [0.3, 0.4) is 0 Å². The highest BCUT2D eigenvalue weighted by Crippen LogP contribution is 2.19. The average Bonchev–Trinajstić information content (AvgIpc) is 2.39. The number of hydrogen-bond acceptors (Lipinski definition) is 4. The van der Waals surface area contributed by atoms with E-state index in [2.05, 4.69) is 9.15 Å². The third-order valence-corrected chi connectivity index (χ3v) is 1.26. The molecular weight excluding hydrogens is 136 g/mol. The molecule has 1 aliphatic heterocycles.